The van der Waals surface area contributed by atoms with E-state index in [1.54, 1.807) is 6.26 Å². The third-order valence-electron chi connectivity index (χ3n) is 5.76. The number of carbonyl (C=O) groups is 1. The van der Waals surface area contributed by atoms with Crippen LogP contribution in [0.1, 0.15) is 36.2 Å². The molecule has 7 heteroatoms. The second-order valence-corrected chi connectivity index (χ2v) is 10.6. The Labute approximate surface area is 159 Å². The second-order valence-electron chi connectivity index (χ2n) is 7.69. The van der Waals surface area contributed by atoms with E-state index in [2.05, 4.69) is 16.2 Å². The first-order chi connectivity index (χ1) is 12.3. The van der Waals surface area contributed by atoms with Crippen LogP contribution in [-0.2, 0) is 9.71 Å². The zero-order valence-corrected chi connectivity index (χ0v) is 16.5. The molecule has 1 unspecified atom stereocenters. The number of nitrogens with one attached hydrogen (secondary N) is 2. The van der Waals surface area contributed by atoms with E-state index in [0.717, 1.165) is 49.7 Å². The van der Waals surface area contributed by atoms with Crippen molar-refractivity contribution in [2.45, 2.75) is 31.2 Å². The summed E-state index contributed by atoms with van der Waals surface area (Å²) in [6, 6.07) is 7.41. The molecular formula is C19H24ClN3O2S. The van der Waals surface area contributed by atoms with Crippen LogP contribution in [0, 0.1) is 5.92 Å². The van der Waals surface area contributed by atoms with Crippen LogP contribution in [0.4, 0.5) is 0 Å². The lowest BCUT2D eigenvalue weighted by atomic mass is 9.88. The predicted octanol–water partition coefficient (Wildman–Crippen LogP) is 3.06. The number of hydrogen-bond donors (Lipinski definition) is 2. The number of aromatic nitrogens is 1. The van der Waals surface area contributed by atoms with E-state index in [1.807, 2.05) is 28.6 Å². The summed E-state index contributed by atoms with van der Waals surface area (Å²) in [4.78, 5) is 16.0. The number of H-pyrrole nitrogens is 1. The summed E-state index contributed by atoms with van der Waals surface area (Å²) in [6.45, 7) is 1.57. The van der Waals surface area contributed by atoms with Crippen molar-refractivity contribution in [2.24, 2.45) is 5.92 Å². The lowest BCUT2D eigenvalue weighted by molar-refractivity contribution is 0.0892. The molecule has 26 heavy (non-hydrogen) atoms. The van der Waals surface area contributed by atoms with E-state index in [-0.39, 0.29) is 11.4 Å². The van der Waals surface area contributed by atoms with Gasteiger partial charge in [0, 0.05) is 50.5 Å². The van der Waals surface area contributed by atoms with Crippen molar-refractivity contribution in [1.29, 1.82) is 0 Å². The molecule has 1 amide bonds. The number of nitrogens with zero attached hydrogens (tertiary/aromatic N) is 1. The highest BCUT2D eigenvalue weighted by Gasteiger charge is 2.51. The molecule has 1 aromatic carbocycles. The third-order valence-corrected chi connectivity index (χ3v) is 7.45. The number of hydrogen-bond acceptors (Lipinski definition) is 2. The molecule has 2 heterocycles. The van der Waals surface area contributed by atoms with Gasteiger partial charge in [-0.1, -0.05) is 11.6 Å². The van der Waals surface area contributed by atoms with Gasteiger partial charge in [0.15, 0.2) is 0 Å². The van der Waals surface area contributed by atoms with Gasteiger partial charge in [0.2, 0.25) is 0 Å². The van der Waals surface area contributed by atoms with Gasteiger partial charge in [-0.25, -0.2) is 4.31 Å². The zero-order chi connectivity index (χ0) is 18.5. The van der Waals surface area contributed by atoms with Gasteiger partial charge in [-0.15, -0.1) is 0 Å². The summed E-state index contributed by atoms with van der Waals surface area (Å²) in [6.07, 6.45) is 5.62. The Morgan fingerprint density at radius 1 is 1.35 bits per heavy atom. The number of amides is 1. The van der Waals surface area contributed by atoms with Crippen LogP contribution in [0.15, 0.2) is 24.3 Å². The predicted molar refractivity (Wildman–Crippen MR) is 108 cm³/mol. The van der Waals surface area contributed by atoms with Crippen LogP contribution in [-0.4, -0.2) is 50.2 Å². The molecule has 1 aromatic heterocycles. The van der Waals surface area contributed by atoms with Crippen molar-refractivity contribution in [1.82, 2.24) is 14.6 Å². The van der Waals surface area contributed by atoms with Crippen LogP contribution in [0.3, 0.4) is 0 Å². The molecule has 5 nitrogen and oxygen atoms in total. The monoisotopic (exact) mass is 393 g/mol. The van der Waals surface area contributed by atoms with E-state index >= 15 is 0 Å². The first-order valence-electron chi connectivity index (χ1n) is 8.95. The fourth-order valence-corrected chi connectivity index (χ4v) is 5.25. The Morgan fingerprint density at radius 3 is 2.65 bits per heavy atom. The van der Waals surface area contributed by atoms with Crippen molar-refractivity contribution in [2.75, 3.05) is 19.3 Å². The number of aromatic amines is 1. The van der Waals surface area contributed by atoms with Crippen molar-refractivity contribution >= 4 is 44.0 Å². The highest BCUT2D eigenvalue weighted by atomic mass is 35.5. The maximum Gasteiger partial charge on any atom is 0.268 e. The molecule has 2 fully saturated rings. The molecular weight excluding hydrogens is 370 g/mol. The van der Waals surface area contributed by atoms with E-state index in [1.165, 1.54) is 0 Å². The Morgan fingerprint density at radius 2 is 2.04 bits per heavy atom. The molecule has 1 aliphatic heterocycles. The summed E-state index contributed by atoms with van der Waals surface area (Å²) in [5.74, 6) is 4.15. The Kier molecular flexibility index (Phi) is 4.33. The molecule has 1 saturated heterocycles. The van der Waals surface area contributed by atoms with Crippen LogP contribution >= 0.6 is 11.6 Å². The molecule has 0 radical (unpaired) electrons. The van der Waals surface area contributed by atoms with Crippen molar-refractivity contribution in [3.8, 4) is 0 Å². The van der Waals surface area contributed by atoms with E-state index in [9.17, 15) is 9.00 Å². The molecule has 2 N–H and O–H groups in total. The minimum Gasteiger partial charge on any atom is -0.351 e. The lowest BCUT2D eigenvalue weighted by Gasteiger charge is -2.37. The SMILES string of the molecule is C=S(C)(=O)N1CCC(C2(NC(=O)c3cc4cc(Cl)ccc4[nH]3)CC2)CC1. The van der Waals surface area contributed by atoms with Crippen molar-refractivity contribution in [3.05, 3.63) is 35.0 Å². The molecule has 4 rings (SSSR count). The van der Waals surface area contributed by atoms with Gasteiger partial charge in [-0.3, -0.25) is 9.00 Å². The molecule has 2 aliphatic rings. The van der Waals surface area contributed by atoms with Crippen molar-refractivity contribution < 1.29 is 9.00 Å². The summed E-state index contributed by atoms with van der Waals surface area (Å²) in [5.41, 5.74) is 1.37. The second kappa shape index (κ2) is 6.29. The lowest BCUT2D eigenvalue weighted by Crippen LogP contribution is -2.48. The summed E-state index contributed by atoms with van der Waals surface area (Å²) in [7, 11) is -2.13. The molecule has 140 valence electrons. The van der Waals surface area contributed by atoms with E-state index in [0.29, 0.717) is 16.6 Å². The maximum absolute atomic E-state index is 12.8. The van der Waals surface area contributed by atoms with Gasteiger partial charge >= 0.3 is 0 Å². The number of fused-ring (bicyclic) bond motifs is 1. The number of rotatable bonds is 4. The van der Waals surface area contributed by atoms with Gasteiger partial charge in [-0.2, -0.15) is 0 Å². The number of benzene rings is 1. The Hall–Kier alpha value is -1.50. The van der Waals surface area contributed by atoms with Gasteiger partial charge in [0.05, 0.1) is 0 Å². The van der Waals surface area contributed by atoms with Crippen molar-refractivity contribution in [3.63, 3.8) is 0 Å². The average molecular weight is 394 g/mol. The van der Waals surface area contributed by atoms with Crippen LogP contribution < -0.4 is 5.32 Å². The first kappa shape index (κ1) is 17.9. The molecule has 1 atom stereocenters. The summed E-state index contributed by atoms with van der Waals surface area (Å²) in [5, 5.41) is 4.87. The fourth-order valence-electron chi connectivity index (χ4n) is 4.08. The number of piperidine rings is 1. The molecule has 1 aliphatic carbocycles. The third kappa shape index (κ3) is 3.38. The molecule has 1 saturated carbocycles. The summed E-state index contributed by atoms with van der Waals surface area (Å²) >= 11 is 6.03. The molecule has 0 bridgehead atoms. The quantitative estimate of drug-likeness (QED) is 0.784. The summed E-state index contributed by atoms with van der Waals surface area (Å²) < 4.78 is 14.1. The highest BCUT2D eigenvalue weighted by molar-refractivity contribution is 7.97. The van der Waals surface area contributed by atoms with E-state index in [4.69, 9.17) is 11.6 Å². The van der Waals surface area contributed by atoms with Gasteiger partial charge in [-0.05, 0) is 61.7 Å². The largest absolute Gasteiger partial charge is 0.351 e. The van der Waals surface area contributed by atoms with Crippen LogP contribution in [0.5, 0.6) is 0 Å². The molecule has 0 spiro atoms. The smallest absolute Gasteiger partial charge is 0.268 e. The van der Waals surface area contributed by atoms with E-state index < -0.39 is 9.71 Å². The average Bonchev–Trinajstić information content (AvgIpc) is 3.24. The Bertz CT molecular complexity index is 954. The standard InChI is InChI=1S/C19H24ClN3O2S/c1-26(2,25)23-9-5-14(6-10-23)19(7-8-19)22-18(24)17-12-13-11-15(20)3-4-16(13)21-17/h3-4,11-12,14,21H,1,5-10H2,2H3,(H,22,24). The van der Waals surface area contributed by atoms with Gasteiger partial charge < -0.3 is 10.3 Å². The minimum absolute atomic E-state index is 0.0614. The molecule has 2 aromatic rings. The highest BCUT2D eigenvalue weighted by Crippen LogP contribution is 2.47. The minimum atomic E-state index is -2.13. The first-order valence-corrected chi connectivity index (χ1v) is 11.4. The zero-order valence-electron chi connectivity index (χ0n) is 14.9. The Balaban J connectivity index is 1.45. The van der Waals surface area contributed by atoms with Crippen LogP contribution in [0.2, 0.25) is 5.02 Å². The maximum atomic E-state index is 12.8. The fraction of sp³-hybridized carbons (Fsp3) is 0.474. The van der Waals surface area contributed by atoms with Crippen LogP contribution in [0.25, 0.3) is 10.9 Å². The normalized spacial score (nSPS) is 22.8. The van der Waals surface area contributed by atoms with Gasteiger partial charge in [0.25, 0.3) is 5.91 Å². The van der Waals surface area contributed by atoms with Gasteiger partial charge in [0.1, 0.15) is 5.69 Å². The number of halogens is 1. The number of carbonyl (C=O) groups excluding carboxylic acids is 1. The topological polar surface area (TPSA) is 65.2 Å².